The number of rotatable bonds is 5. The van der Waals surface area contributed by atoms with Crippen molar-refractivity contribution < 1.29 is 4.79 Å². The van der Waals surface area contributed by atoms with Crippen LogP contribution in [0.5, 0.6) is 0 Å². The van der Waals surface area contributed by atoms with E-state index < -0.39 is 5.91 Å². The quantitative estimate of drug-likeness (QED) is 0.385. The summed E-state index contributed by atoms with van der Waals surface area (Å²) in [7, 11) is 0. The number of nitrogens with two attached hydrogens (primary N) is 1. The second-order valence-corrected chi connectivity index (χ2v) is 7.96. The molecule has 0 spiro atoms. The number of anilines is 1. The molecule has 3 heterocycles. The maximum atomic E-state index is 13.7. The maximum absolute atomic E-state index is 13.7. The van der Waals surface area contributed by atoms with Gasteiger partial charge in [-0.2, -0.15) is 0 Å². The lowest BCUT2D eigenvalue weighted by Gasteiger charge is -2.22. The van der Waals surface area contributed by atoms with Gasteiger partial charge in [0.2, 0.25) is 0 Å². The van der Waals surface area contributed by atoms with Gasteiger partial charge in [-0.15, -0.1) is 0 Å². The lowest BCUT2D eigenvalue weighted by Crippen LogP contribution is -2.26. The molecule has 8 nitrogen and oxygen atoms in total. The predicted molar refractivity (Wildman–Crippen MR) is 129 cm³/mol. The van der Waals surface area contributed by atoms with E-state index in [1.54, 1.807) is 4.57 Å². The molecule has 164 valence electrons. The Morgan fingerprint density at radius 1 is 1.09 bits per heavy atom. The van der Waals surface area contributed by atoms with Crippen LogP contribution in [0.2, 0.25) is 0 Å². The molecule has 4 N–H and O–H groups in total. The Labute approximate surface area is 189 Å². The number of fused-ring (bicyclic) bond motifs is 2. The van der Waals surface area contributed by atoms with Gasteiger partial charge in [0.1, 0.15) is 17.8 Å². The number of carbonyl (C=O) groups is 1. The van der Waals surface area contributed by atoms with Crippen LogP contribution in [0.25, 0.3) is 27.5 Å². The number of benzene rings is 2. The fourth-order valence-corrected chi connectivity index (χ4v) is 4.26. The molecule has 0 saturated carbocycles. The smallest absolute Gasteiger partial charge is 0.263 e. The molecule has 1 amide bonds. The number of amides is 1. The zero-order valence-electron chi connectivity index (χ0n) is 18.2. The first kappa shape index (κ1) is 20.4. The average molecular weight is 438 g/mol. The van der Waals surface area contributed by atoms with E-state index >= 15 is 0 Å². The van der Waals surface area contributed by atoms with Crippen molar-refractivity contribution in [3.8, 4) is 5.69 Å². The normalized spacial score (nSPS) is 12.2. The second kappa shape index (κ2) is 7.90. The van der Waals surface area contributed by atoms with Gasteiger partial charge in [-0.25, -0.2) is 9.97 Å². The molecule has 5 aromatic rings. The first-order valence-corrected chi connectivity index (χ1v) is 10.5. The van der Waals surface area contributed by atoms with Crippen LogP contribution >= 0.6 is 0 Å². The number of primary amides is 1. The number of nitrogens with one attached hydrogen (secondary N) is 2. The Bertz CT molecular complexity index is 1570. The van der Waals surface area contributed by atoms with E-state index in [0.29, 0.717) is 27.8 Å². The van der Waals surface area contributed by atoms with Crippen molar-refractivity contribution >= 4 is 33.5 Å². The summed E-state index contributed by atoms with van der Waals surface area (Å²) < 4.78 is 1.72. The van der Waals surface area contributed by atoms with Gasteiger partial charge < -0.3 is 16.0 Å². The van der Waals surface area contributed by atoms with Crippen molar-refractivity contribution in [2.45, 2.75) is 19.9 Å². The van der Waals surface area contributed by atoms with Gasteiger partial charge in [0.05, 0.1) is 22.4 Å². The molecule has 8 heteroatoms. The molecule has 2 aromatic carbocycles. The number of hydrogen-bond acceptors (Lipinski definition) is 5. The number of aromatic nitrogens is 4. The number of H-pyrrole nitrogens is 1. The average Bonchev–Trinajstić information content (AvgIpc) is 3.25. The van der Waals surface area contributed by atoms with Crippen LogP contribution in [-0.2, 0) is 0 Å². The fourth-order valence-electron chi connectivity index (χ4n) is 4.26. The number of aryl methyl sites for hydroxylation is 1. The van der Waals surface area contributed by atoms with Crippen molar-refractivity contribution in [3.05, 3.63) is 94.3 Å². The standard InChI is InChI=1S/C25H22N6O2/c1-14-7-6-8-16-11-19(31(25(33)20(14)16)17-9-4-3-5-10-17)15(2)30-24-21-18(22(26)32)12-27-23(21)28-13-29-24/h3-13,15H,1-2H3,(H2,26,32)(H2,27,28,29,30)/t15-/m0/s1. The Balaban J connectivity index is 1.71. The summed E-state index contributed by atoms with van der Waals surface area (Å²) in [4.78, 5) is 37.1. The predicted octanol–water partition coefficient (Wildman–Crippen LogP) is 3.84. The number of aromatic amines is 1. The monoisotopic (exact) mass is 438 g/mol. The van der Waals surface area contributed by atoms with E-state index in [-0.39, 0.29) is 11.6 Å². The van der Waals surface area contributed by atoms with Gasteiger partial charge in [0, 0.05) is 17.6 Å². The highest BCUT2D eigenvalue weighted by Crippen LogP contribution is 2.29. The van der Waals surface area contributed by atoms with E-state index in [0.717, 1.165) is 22.3 Å². The third-order valence-electron chi connectivity index (χ3n) is 5.83. The Morgan fingerprint density at radius 3 is 2.64 bits per heavy atom. The van der Waals surface area contributed by atoms with Crippen molar-refractivity contribution in [3.63, 3.8) is 0 Å². The molecule has 33 heavy (non-hydrogen) atoms. The molecule has 0 aliphatic carbocycles. The molecule has 0 unspecified atom stereocenters. The number of carbonyl (C=O) groups excluding carboxylic acids is 1. The second-order valence-electron chi connectivity index (χ2n) is 7.96. The van der Waals surface area contributed by atoms with E-state index in [9.17, 15) is 9.59 Å². The molecule has 5 rings (SSSR count). The van der Waals surface area contributed by atoms with Gasteiger partial charge in [-0.3, -0.25) is 14.2 Å². The van der Waals surface area contributed by atoms with Gasteiger partial charge in [0.15, 0.2) is 0 Å². The molecule has 0 bridgehead atoms. The zero-order valence-corrected chi connectivity index (χ0v) is 18.2. The van der Waals surface area contributed by atoms with Crippen molar-refractivity contribution in [1.82, 2.24) is 19.5 Å². The first-order chi connectivity index (χ1) is 16.0. The van der Waals surface area contributed by atoms with Crippen LogP contribution in [-0.4, -0.2) is 25.4 Å². The Hall–Kier alpha value is -4.46. The summed E-state index contributed by atoms with van der Waals surface area (Å²) >= 11 is 0. The minimum Gasteiger partial charge on any atom is -0.366 e. The summed E-state index contributed by atoms with van der Waals surface area (Å²) in [6.07, 6.45) is 2.93. The fraction of sp³-hybridized carbons (Fsp3) is 0.120. The van der Waals surface area contributed by atoms with Gasteiger partial charge in [0.25, 0.3) is 11.5 Å². The minimum atomic E-state index is -0.575. The lowest BCUT2D eigenvalue weighted by molar-refractivity contribution is 0.100. The Kier molecular flexibility index (Phi) is 4.90. The summed E-state index contributed by atoms with van der Waals surface area (Å²) in [6, 6.07) is 17.0. The molecule has 3 aromatic heterocycles. The highest BCUT2D eigenvalue weighted by Gasteiger charge is 2.20. The number of para-hydroxylation sites is 1. The minimum absolute atomic E-state index is 0.0900. The Morgan fingerprint density at radius 2 is 1.88 bits per heavy atom. The van der Waals surface area contributed by atoms with E-state index in [4.69, 9.17) is 5.73 Å². The number of pyridine rings is 1. The molecule has 0 radical (unpaired) electrons. The van der Waals surface area contributed by atoms with Crippen molar-refractivity contribution in [1.29, 1.82) is 0 Å². The van der Waals surface area contributed by atoms with Crippen LogP contribution in [0.3, 0.4) is 0 Å². The van der Waals surface area contributed by atoms with Crippen LogP contribution in [0.15, 0.2) is 71.9 Å². The largest absolute Gasteiger partial charge is 0.366 e. The zero-order chi connectivity index (χ0) is 23.1. The number of nitrogens with zero attached hydrogens (tertiary/aromatic N) is 3. The lowest BCUT2D eigenvalue weighted by atomic mass is 10.0. The van der Waals surface area contributed by atoms with Gasteiger partial charge in [-0.05, 0) is 43.0 Å². The van der Waals surface area contributed by atoms with E-state index in [2.05, 4.69) is 20.3 Å². The van der Waals surface area contributed by atoms with Crippen molar-refractivity contribution in [2.75, 3.05) is 5.32 Å². The molecule has 0 aliphatic rings. The van der Waals surface area contributed by atoms with Crippen LogP contribution in [0.4, 0.5) is 5.82 Å². The van der Waals surface area contributed by atoms with E-state index in [1.165, 1.54) is 12.5 Å². The summed E-state index contributed by atoms with van der Waals surface area (Å²) in [6.45, 7) is 3.88. The topological polar surface area (TPSA) is 119 Å². The molecular formula is C25H22N6O2. The van der Waals surface area contributed by atoms with Crippen LogP contribution in [0.1, 0.15) is 34.6 Å². The highest BCUT2D eigenvalue weighted by atomic mass is 16.1. The highest BCUT2D eigenvalue weighted by molar-refractivity contribution is 6.08. The third-order valence-corrected chi connectivity index (χ3v) is 5.83. The van der Waals surface area contributed by atoms with E-state index in [1.807, 2.05) is 68.4 Å². The number of hydrogen-bond donors (Lipinski definition) is 3. The SMILES string of the molecule is Cc1cccc2cc([C@H](C)Nc3ncnc4[nH]cc(C(N)=O)c34)n(-c3ccccc3)c(=O)c12. The molecular weight excluding hydrogens is 416 g/mol. The first-order valence-electron chi connectivity index (χ1n) is 10.5. The van der Waals surface area contributed by atoms with Crippen LogP contribution in [0, 0.1) is 6.92 Å². The molecule has 1 atom stereocenters. The molecule has 0 aliphatic heterocycles. The summed E-state index contributed by atoms with van der Waals surface area (Å²) in [5.74, 6) is -0.118. The third kappa shape index (κ3) is 3.41. The summed E-state index contributed by atoms with van der Waals surface area (Å²) in [5.41, 5.74) is 8.70. The molecule has 0 saturated heterocycles. The summed E-state index contributed by atoms with van der Waals surface area (Å²) in [5, 5.41) is 5.42. The van der Waals surface area contributed by atoms with Gasteiger partial charge in [-0.1, -0.05) is 36.4 Å². The maximum Gasteiger partial charge on any atom is 0.263 e. The molecule has 0 fully saturated rings. The van der Waals surface area contributed by atoms with Gasteiger partial charge >= 0.3 is 0 Å². The van der Waals surface area contributed by atoms with Crippen molar-refractivity contribution in [2.24, 2.45) is 5.73 Å². The van der Waals surface area contributed by atoms with Crippen LogP contribution < -0.4 is 16.6 Å².